The molecule has 1 atom stereocenters. The zero-order chi connectivity index (χ0) is 16.6. The number of aliphatic carboxylic acids is 1. The van der Waals surface area contributed by atoms with Crippen LogP contribution in [0, 0.1) is 0 Å². The summed E-state index contributed by atoms with van der Waals surface area (Å²) in [7, 11) is 5.58. The molecule has 0 saturated carbocycles. The second-order valence-electron chi connectivity index (χ2n) is 6.10. The van der Waals surface area contributed by atoms with Crippen LogP contribution in [-0.4, -0.2) is 66.9 Å². The van der Waals surface area contributed by atoms with Gasteiger partial charge in [-0.3, -0.25) is 19.2 Å². The van der Waals surface area contributed by atoms with Crippen molar-refractivity contribution in [1.29, 1.82) is 0 Å². The lowest BCUT2D eigenvalue weighted by molar-refractivity contribution is -0.873. The van der Waals surface area contributed by atoms with Crippen LogP contribution in [0.25, 0.3) is 0 Å². The van der Waals surface area contributed by atoms with E-state index < -0.39 is 18.0 Å². The molecule has 0 rings (SSSR count). The molecule has 0 aromatic rings. The molecule has 7 nitrogen and oxygen atoms in total. The van der Waals surface area contributed by atoms with E-state index in [1.807, 2.05) is 21.1 Å². The fourth-order valence-corrected chi connectivity index (χ4v) is 1.80. The molecule has 1 unspecified atom stereocenters. The Labute approximate surface area is 124 Å². The Morgan fingerprint density at radius 2 is 1.67 bits per heavy atom. The second-order valence-corrected chi connectivity index (χ2v) is 6.10. The Bertz CT molecular complexity index is 410. The number of Topliss-reactive ketones (excluding diaryl/α,β-unsaturated/α-hetero) is 2. The fraction of sp³-hybridized carbons (Fsp3) is 0.714. The van der Waals surface area contributed by atoms with E-state index in [1.54, 1.807) is 0 Å². The molecule has 21 heavy (non-hydrogen) atoms. The quantitative estimate of drug-likeness (QED) is 0.356. The standard InChI is InChI=1S/C14H23NO6/c1-10(16)7-11(17)5-6-14(20)21-12(8-13(18)19)9-15(2,3)4/h12H,5-9H2,1-4H3/p+1. The summed E-state index contributed by atoms with van der Waals surface area (Å²) in [6.45, 7) is 1.67. The van der Waals surface area contributed by atoms with Gasteiger partial charge in [-0.15, -0.1) is 0 Å². The molecule has 7 heteroatoms. The van der Waals surface area contributed by atoms with Crippen molar-refractivity contribution >= 4 is 23.5 Å². The number of nitrogens with zero attached hydrogens (tertiary/aromatic N) is 1. The molecule has 0 radical (unpaired) electrons. The number of hydrogen-bond donors (Lipinski definition) is 1. The van der Waals surface area contributed by atoms with Crippen molar-refractivity contribution < 1.29 is 33.5 Å². The predicted molar refractivity (Wildman–Crippen MR) is 74.6 cm³/mol. The molecule has 0 aromatic carbocycles. The van der Waals surface area contributed by atoms with E-state index in [1.165, 1.54) is 6.92 Å². The lowest BCUT2D eigenvalue weighted by atomic mass is 10.1. The van der Waals surface area contributed by atoms with Gasteiger partial charge in [0.1, 0.15) is 18.1 Å². The van der Waals surface area contributed by atoms with E-state index in [2.05, 4.69) is 0 Å². The van der Waals surface area contributed by atoms with Gasteiger partial charge in [0.2, 0.25) is 0 Å². The summed E-state index contributed by atoms with van der Waals surface area (Å²) in [5.41, 5.74) is 0. The minimum atomic E-state index is -1.05. The van der Waals surface area contributed by atoms with Crippen LogP contribution >= 0.6 is 0 Å². The lowest BCUT2D eigenvalue weighted by Gasteiger charge is -2.28. The van der Waals surface area contributed by atoms with E-state index >= 15 is 0 Å². The van der Waals surface area contributed by atoms with Crippen LogP contribution in [0.4, 0.5) is 0 Å². The van der Waals surface area contributed by atoms with Crippen molar-refractivity contribution in [3.63, 3.8) is 0 Å². The maximum absolute atomic E-state index is 11.7. The molecule has 0 bridgehead atoms. The molecule has 1 N–H and O–H groups in total. The Morgan fingerprint density at radius 3 is 2.10 bits per heavy atom. The zero-order valence-electron chi connectivity index (χ0n) is 13.0. The second kappa shape index (κ2) is 8.51. The topological polar surface area (TPSA) is 97.7 Å². The van der Waals surface area contributed by atoms with Crippen LogP contribution in [0.5, 0.6) is 0 Å². The number of carbonyl (C=O) groups excluding carboxylic acids is 3. The van der Waals surface area contributed by atoms with Crippen molar-refractivity contribution in [2.24, 2.45) is 0 Å². The fourth-order valence-electron chi connectivity index (χ4n) is 1.80. The third-order valence-electron chi connectivity index (χ3n) is 2.51. The van der Waals surface area contributed by atoms with Gasteiger partial charge in [0.25, 0.3) is 0 Å². The highest BCUT2D eigenvalue weighted by Gasteiger charge is 2.25. The molecular weight excluding hydrogens is 278 g/mol. The van der Waals surface area contributed by atoms with Crippen LogP contribution < -0.4 is 0 Å². The van der Waals surface area contributed by atoms with Crippen molar-refractivity contribution in [3.05, 3.63) is 0 Å². The third-order valence-corrected chi connectivity index (χ3v) is 2.51. The Kier molecular flexibility index (Phi) is 7.80. The first-order valence-electron chi connectivity index (χ1n) is 6.72. The van der Waals surface area contributed by atoms with Gasteiger partial charge in [-0.1, -0.05) is 0 Å². The van der Waals surface area contributed by atoms with Crippen molar-refractivity contribution in [3.8, 4) is 0 Å². The van der Waals surface area contributed by atoms with Crippen LogP contribution in [0.1, 0.15) is 32.6 Å². The molecule has 0 aliphatic rings. The van der Waals surface area contributed by atoms with Gasteiger partial charge in [-0.25, -0.2) is 0 Å². The molecule has 0 aliphatic heterocycles. The Balaban J connectivity index is 4.36. The largest absolute Gasteiger partial charge is 0.481 e. The van der Waals surface area contributed by atoms with Gasteiger partial charge in [0.15, 0.2) is 6.10 Å². The number of rotatable bonds is 10. The number of hydrogen-bond acceptors (Lipinski definition) is 5. The minimum absolute atomic E-state index is 0.0669. The lowest BCUT2D eigenvalue weighted by Crippen LogP contribution is -2.43. The highest BCUT2D eigenvalue weighted by molar-refractivity contribution is 5.98. The number of ketones is 2. The summed E-state index contributed by atoms with van der Waals surface area (Å²) in [5.74, 6) is -2.23. The molecule has 0 saturated heterocycles. The van der Waals surface area contributed by atoms with Gasteiger partial charge in [-0.2, -0.15) is 0 Å². The van der Waals surface area contributed by atoms with Crippen LogP contribution in [-0.2, 0) is 23.9 Å². The number of ether oxygens (including phenoxy) is 1. The van der Waals surface area contributed by atoms with Crippen LogP contribution in [0.15, 0.2) is 0 Å². The minimum Gasteiger partial charge on any atom is -0.481 e. The molecule has 0 aromatic heterocycles. The molecule has 0 spiro atoms. The highest BCUT2D eigenvalue weighted by atomic mass is 16.5. The van der Waals surface area contributed by atoms with E-state index in [0.717, 1.165) is 0 Å². The molecule has 0 amide bonds. The first-order valence-corrected chi connectivity index (χ1v) is 6.72. The van der Waals surface area contributed by atoms with Crippen molar-refractivity contribution in [1.82, 2.24) is 0 Å². The first-order chi connectivity index (χ1) is 9.49. The van der Waals surface area contributed by atoms with E-state index in [9.17, 15) is 19.2 Å². The number of carbonyl (C=O) groups is 4. The molecule has 0 aliphatic carbocycles. The number of likely N-dealkylation sites (N-methyl/N-ethyl adjacent to an activating group) is 1. The normalized spacial score (nSPS) is 12.6. The van der Waals surface area contributed by atoms with E-state index in [4.69, 9.17) is 9.84 Å². The smallest absolute Gasteiger partial charge is 0.307 e. The monoisotopic (exact) mass is 302 g/mol. The molecule has 0 heterocycles. The summed E-state index contributed by atoms with van der Waals surface area (Å²) in [4.78, 5) is 44.5. The van der Waals surface area contributed by atoms with Crippen molar-refractivity contribution in [2.75, 3.05) is 27.7 Å². The number of carboxylic acids is 1. The average molecular weight is 302 g/mol. The molecule has 0 fully saturated rings. The van der Waals surface area contributed by atoms with E-state index in [-0.39, 0.29) is 37.2 Å². The summed E-state index contributed by atoms with van der Waals surface area (Å²) >= 11 is 0. The Morgan fingerprint density at radius 1 is 1.10 bits per heavy atom. The van der Waals surface area contributed by atoms with Gasteiger partial charge in [-0.05, 0) is 6.92 Å². The Hall–Kier alpha value is -1.76. The summed E-state index contributed by atoms with van der Waals surface area (Å²) < 4.78 is 5.57. The predicted octanol–water partition coefficient (Wildman–Crippen LogP) is 0.408. The maximum atomic E-state index is 11.7. The number of esters is 1. The number of carboxylic acid groups (broad SMARTS) is 1. The highest BCUT2D eigenvalue weighted by Crippen LogP contribution is 2.08. The van der Waals surface area contributed by atoms with Gasteiger partial charge in [0, 0.05) is 6.42 Å². The van der Waals surface area contributed by atoms with Gasteiger partial charge >= 0.3 is 11.9 Å². The zero-order valence-corrected chi connectivity index (χ0v) is 13.0. The first kappa shape index (κ1) is 19.2. The maximum Gasteiger partial charge on any atom is 0.307 e. The van der Waals surface area contributed by atoms with Crippen LogP contribution in [0.2, 0.25) is 0 Å². The van der Waals surface area contributed by atoms with E-state index in [0.29, 0.717) is 11.0 Å². The van der Waals surface area contributed by atoms with Crippen LogP contribution in [0.3, 0.4) is 0 Å². The summed E-state index contributed by atoms with van der Waals surface area (Å²) in [6, 6.07) is 0. The van der Waals surface area contributed by atoms with Gasteiger partial charge < -0.3 is 14.3 Å². The number of quaternary nitrogens is 1. The third kappa shape index (κ3) is 11.7. The summed E-state index contributed by atoms with van der Waals surface area (Å²) in [5, 5.41) is 8.82. The molecular formula is C14H24NO6+. The van der Waals surface area contributed by atoms with Gasteiger partial charge in [0.05, 0.1) is 40.4 Å². The average Bonchev–Trinajstić information content (AvgIpc) is 2.21. The SMILES string of the molecule is CC(=O)CC(=O)CCC(=O)OC(CC(=O)O)C[N+](C)(C)C. The summed E-state index contributed by atoms with van der Waals surface area (Å²) in [6.07, 6.45) is -1.41. The van der Waals surface area contributed by atoms with Crippen molar-refractivity contribution in [2.45, 2.75) is 38.7 Å². The molecule has 120 valence electrons.